The molecule has 0 aliphatic rings. The Kier molecular flexibility index (Phi) is 4.40. The average molecular weight is 357 g/mol. The quantitative estimate of drug-likeness (QED) is 0.598. The molecule has 0 unspecified atom stereocenters. The van der Waals surface area contributed by atoms with Crippen LogP contribution in [0.4, 0.5) is 5.69 Å². The van der Waals surface area contributed by atoms with Gasteiger partial charge >= 0.3 is 0 Å². The number of nitrogens with zero attached hydrogens (tertiary/aromatic N) is 4. The summed E-state index contributed by atoms with van der Waals surface area (Å²) < 4.78 is 5.40. The van der Waals surface area contributed by atoms with Gasteiger partial charge in [0.05, 0.1) is 16.8 Å². The zero-order chi connectivity index (χ0) is 18.6. The summed E-state index contributed by atoms with van der Waals surface area (Å²) in [6.45, 7) is 1.87. The third-order valence-corrected chi connectivity index (χ3v) is 3.94. The van der Waals surface area contributed by atoms with Gasteiger partial charge in [0, 0.05) is 29.8 Å². The topological polar surface area (TPSA) is 93.8 Å². The molecule has 1 N–H and O–H groups in total. The van der Waals surface area contributed by atoms with E-state index in [2.05, 4.69) is 25.4 Å². The number of pyridine rings is 2. The van der Waals surface area contributed by atoms with Crippen molar-refractivity contribution in [1.82, 2.24) is 20.1 Å². The molecule has 0 fully saturated rings. The number of rotatable bonds is 4. The number of amides is 1. The predicted molar refractivity (Wildman–Crippen MR) is 99.9 cm³/mol. The SMILES string of the molecule is Cc1ccc(C(=O)Nc2ccccc2-c2nc(-c3ccncc3)no2)cn1. The Morgan fingerprint density at radius 3 is 2.63 bits per heavy atom. The Morgan fingerprint density at radius 2 is 1.85 bits per heavy atom. The van der Waals surface area contributed by atoms with Crippen molar-refractivity contribution in [2.45, 2.75) is 6.92 Å². The summed E-state index contributed by atoms with van der Waals surface area (Å²) in [6.07, 6.45) is 4.87. The van der Waals surface area contributed by atoms with Crippen LogP contribution in [0.5, 0.6) is 0 Å². The largest absolute Gasteiger partial charge is 0.334 e. The maximum Gasteiger partial charge on any atom is 0.260 e. The van der Waals surface area contributed by atoms with Crippen molar-refractivity contribution >= 4 is 11.6 Å². The first-order valence-electron chi connectivity index (χ1n) is 8.28. The molecule has 0 bridgehead atoms. The molecule has 4 rings (SSSR count). The summed E-state index contributed by atoms with van der Waals surface area (Å²) in [5, 5.41) is 6.89. The number of nitrogens with one attached hydrogen (secondary N) is 1. The third kappa shape index (κ3) is 3.57. The second-order valence-corrected chi connectivity index (χ2v) is 5.85. The van der Waals surface area contributed by atoms with Crippen molar-refractivity contribution < 1.29 is 9.32 Å². The summed E-state index contributed by atoms with van der Waals surface area (Å²) in [6, 6.07) is 14.4. The van der Waals surface area contributed by atoms with E-state index < -0.39 is 0 Å². The van der Waals surface area contributed by atoms with Crippen molar-refractivity contribution in [3.8, 4) is 22.8 Å². The number of anilines is 1. The molecule has 3 aromatic heterocycles. The zero-order valence-corrected chi connectivity index (χ0v) is 14.5. The van der Waals surface area contributed by atoms with Gasteiger partial charge in [0.25, 0.3) is 11.8 Å². The first kappa shape index (κ1) is 16.6. The maximum absolute atomic E-state index is 12.5. The maximum atomic E-state index is 12.5. The van der Waals surface area contributed by atoms with Crippen LogP contribution in [-0.2, 0) is 0 Å². The monoisotopic (exact) mass is 357 g/mol. The summed E-state index contributed by atoms with van der Waals surface area (Å²) in [4.78, 5) is 25.1. The van der Waals surface area contributed by atoms with E-state index in [1.54, 1.807) is 48.9 Å². The number of carbonyl (C=O) groups is 1. The molecule has 0 aliphatic heterocycles. The van der Waals surface area contributed by atoms with Gasteiger partial charge in [-0.15, -0.1) is 0 Å². The lowest BCUT2D eigenvalue weighted by Gasteiger charge is -2.08. The Hall–Kier alpha value is -3.87. The Labute approximate surface area is 155 Å². The molecule has 0 spiro atoms. The van der Waals surface area contributed by atoms with Crippen molar-refractivity contribution in [1.29, 1.82) is 0 Å². The minimum atomic E-state index is -0.260. The summed E-state index contributed by atoms with van der Waals surface area (Å²) >= 11 is 0. The Bertz CT molecular complexity index is 1070. The number of benzene rings is 1. The van der Waals surface area contributed by atoms with Gasteiger partial charge in [0.1, 0.15) is 0 Å². The van der Waals surface area contributed by atoms with Gasteiger partial charge in [-0.3, -0.25) is 14.8 Å². The number of hydrogen-bond acceptors (Lipinski definition) is 6. The second kappa shape index (κ2) is 7.17. The van der Waals surface area contributed by atoms with Crippen LogP contribution in [0.15, 0.2) is 71.6 Å². The molecule has 27 heavy (non-hydrogen) atoms. The average Bonchev–Trinajstić information content (AvgIpc) is 3.19. The number of aryl methyl sites for hydroxylation is 1. The van der Waals surface area contributed by atoms with Gasteiger partial charge in [0.15, 0.2) is 0 Å². The number of hydrogen-bond donors (Lipinski definition) is 1. The van der Waals surface area contributed by atoms with E-state index in [1.165, 1.54) is 0 Å². The van der Waals surface area contributed by atoms with Gasteiger partial charge in [-0.05, 0) is 43.3 Å². The fourth-order valence-corrected chi connectivity index (χ4v) is 2.53. The van der Waals surface area contributed by atoms with Gasteiger partial charge in [-0.1, -0.05) is 17.3 Å². The molecule has 0 atom stereocenters. The van der Waals surface area contributed by atoms with E-state index in [9.17, 15) is 4.79 Å². The van der Waals surface area contributed by atoms with Gasteiger partial charge < -0.3 is 9.84 Å². The zero-order valence-electron chi connectivity index (χ0n) is 14.5. The third-order valence-electron chi connectivity index (χ3n) is 3.94. The molecule has 1 aromatic carbocycles. The minimum absolute atomic E-state index is 0.260. The van der Waals surface area contributed by atoms with Crippen LogP contribution in [0.2, 0.25) is 0 Å². The first-order valence-corrected chi connectivity index (χ1v) is 8.28. The molecule has 7 nitrogen and oxygen atoms in total. The van der Waals surface area contributed by atoms with E-state index in [4.69, 9.17) is 4.52 Å². The van der Waals surface area contributed by atoms with Crippen LogP contribution in [0.25, 0.3) is 22.8 Å². The highest BCUT2D eigenvalue weighted by atomic mass is 16.5. The standard InChI is InChI=1S/C20H15N5O2/c1-13-6-7-15(12-22-13)19(26)23-17-5-3-2-4-16(17)20-24-18(25-27-20)14-8-10-21-11-9-14/h2-12H,1H3,(H,23,26). The lowest BCUT2D eigenvalue weighted by atomic mass is 10.1. The molecule has 0 aliphatic carbocycles. The molecule has 7 heteroatoms. The molecule has 3 heterocycles. The molecule has 0 saturated heterocycles. The van der Waals surface area contributed by atoms with Crippen LogP contribution in [0.1, 0.15) is 16.1 Å². The van der Waals surface area contributed by atoms with Gasteiger partial charge in [0.2, 0.25) is 5.82 Å². The predicted octanol–water partition coefficient (Wildman–Crippen LogP) is 3.75. The first-order chi connectivity index (χ1) is 13.2. The van der Waals surface area contributed by atoms with E-state index in [0.29, 0.717) is 28.5 Å². The lowest BCUT2D eigenvalue weighted by molar-refractivity contribution is 0.102. The number of aromatic nitrogens is 4. The summed E-state index contributed by atoms with van der Waals surface area (Å²) in [5.74, 6) is 0.514. The Balaban J connectivity index is 1.63. The molecule has 4 aromatic rings. The van der Waals surface area contributed by atoms with Crippen LogP contribution in [0, 0.1) is 6.92 Å². The molecular formula is C20H15N5O2. The molecule has 0 saturated carbocycles. The summed E-state index contributed by atoms with van der Waals surface area (Å²) in [5.41, 5.74) is 3.33. The minimum Gasteiger partial charge on any atom is -0.334 e. The molecule has 132 valence electrons. The van der Waals surface area contributed by atoms with Crippen molar-refractivity contribution in [2.75, 3.05) is 5.32 Å². The smallest absolute Gasteiger partial charge is 0.260 e. The van der Waals surface area contributed by atoms with Crippen LogP contribution < -0.4 is 5.32 Å². The normalized spacial score (nSPS) is 10.6. The van der Waals surface area contributed by atoms with Crippen molar-refractivity contribution in [3.63, 3.8) is 0 Å². The second-order valence-electron chi connectivity index (χ2n) is 5.85. The highest BCUT2D eigenvalue weighted by Gasteiger charge is 2.16. The van der Waals surface area contributed by atoms with E-state index in [0.717, 1.165) is 11.3 Å². The number of para-hydroxylation sites is 1. The molecule has 0 radical (unpaired) electrons. The Morgan fingerprint density at radius 1 is 1.04 bits per heavy atom. The van der Waals surface area contributed by atoms with Gasteiger partial charge in [-0.2, -0.15) is 4.98 Å². The van der Waals surface area contributed by atoms with Crippen molar-refractivity contribution in [3.05, 3.63) is 78.4 Å². The van der Waals surface area contributed by atoms with E-state index in [-0.39, 0.29) is 5.91 Å². The fourth-order valence-electron chi connectivity index (χ4n) is 2.53. The van der Waals surface area contributed by atoms with Crippen LogP contribution in [-0.4, -0.2) is 26.0 Å². The highest BCUT2D eigenvalue weighted by molar-refractivity contribution is 6.05. The van der Waals surface area contributed by atoms with Crippen LogP contribution >= 0.6 is 0 Å². The van der Waals surface area contributed by atoms with Gasteiger partial charge in [-0.25, -0.2) is 0 Å². The van der Waals surface area contributed by atoms with E-state index >= 15 is 0 Å². The lowest BCUT2D eigenvalue weighted by Crippen LogP contribution is -2.13. The highest BCUT2D eigenvalue weighted by Crippen LogP contribution is 2.28. The fraction of sp³-hybridized carbons (Fsp3) is 0.0500. The molecular weight excluding hydrogens is 342 g/mol. The number of carbonyl (C=O) groups excluding carboxylic acids is 1. The van der Waals surface area contributed by atoms with E-state index in [1.807, 2.05) is 25.1 Å². The molecule has 1 amide bonds. The van der Waals surface area contributed by atoms with Crippen molar-refractivity contribution in [2.24, 2.45) is 0 Å². The van der Waals surface area contributed by atoms with Crippen LogP contribution in [0.3, 0.4) is 0 Å². The summed E-state index contributed by atoms with van der Waals surface area (Å²) in [7, 11) is 0.